The number of anilines is 1. The van der Waals surface area contributed by atoms with Crippen LogP contribution in [-0.2, 0) is 11.3 Å². The molecule has 27 heavy (non-hydrogen) atoms. The number of hydrogen-bond acceptors (Lipinski definition) is 5. The Morgan fingerprint density at radius 1 is 0.963 bits per heavy atom. The number of piperidine rings is 1. The van der Waals surface area contributed by atoms with Crippen LogP contribution in [0.1, 0.15) is 35.7 Å². The van der Waals surface area contributed by atoms with Crippen molar-refractivity contribution in [1.29, 1.82) is 0 Å². The van der Waals surface area contributed by atoms with Crippen LogP contribution in [0.3, 0.4) is 0 Å². The fourth-order valence-electron chi connectivity index (χ4n) is 4.11. The zero-order valence-electron chi connectivity index (χ0n) is 16.1. The van der Waals surface area contributed by atoms with Gasteiger partial charge in [0, 0.05) is 49.8 Å². The van der Waals surface area contributed by atoms with Crippen molar-refractivity contribution in [3.05, 3.63) is 52.2 Å². The van der Waals surface area contributed by atoms with Crippen LogP contribution >= 0.6 is 11.3 Å². The van der Waals surface area contributed by atoms with Crippen LogP contribution in [0.4, 0.5) is 5.69 Å². The molecule has 146 valence electrons. The van der Waals surface area contributed by atoms with E-state index in [2.05, 4.69) is 56.9 Å². The van der Waals surface area contributed by atoms with E-state index in [1.165, 1.54) is 48.5 Å². The molecule has 2 aromatic rings. The summed E-state index contributed by atoms with van der Waals surface area (Å²) in [5.74, 6) is 0. The Morgan fingerprint density at radius 2 is 1.74 bits per heavy atom. The molecule has 0 bridgehead atoms. The maximum Gasteiger partial charge on any atom is 0.0594 e. The number of ether oxygens (including phenoxy) is 1. The third-order valence-electron chi connectivity index (χ3n) is 5.68. The summed E-state index contributed by atoms with van der Waals surface area (Å²) in [5.41, 5.74) is 2.74. The predicted molar refractivity (Wildman–Crippen MR) is 114 cm³/mol. The highest BCUT2D eigenvalue weighted by Crippen LogP contribution is 2.25. The molecule has 0 unspecified atom stereocenters. The molecule has 1 aromatic carbocycles. The molecule has 2 aliphatic rings. The van der Waals surface area contributed by atoms with Gasteiger partial charge >= 0.3 is 0 Å². The van der Waals surface area contributed by atoms with Gasteiger partial charge in [0.25, 0.3) is 0 Å². The van der Waals surface area contributed by atoms with Gasteiger partial charge in [-0.25, -0.2) is 0 Å². The molecule has 0 spiro atoms. The first kappa shape index (κ1) is 18.9. The second-order valence-electron chi connectivity index (χ2n) is 7.52. The number of nitrogens with one attached hydrogen (secondary N) is 1. The van der Waals surface area contributed by atoms with Gasteiger partial charge in [-0.2, -0.15) is 0 Å². The summed E-state index contributed by atoms with van der Waals surface area (Å²) in [4.78, 5) is 6.53. The summed E-state index contributed by atoms with van der Waals surface area (Å²) in [6.45, 7) is 8.06. The molecule has 0 saturated carbocycles. The molecule has 0 amide bonds. The lowest BCUT2D eigenvalue weighted by Gasteiger charge is -2.34. The normalized spacial score (nSPS) is 19.9. The van der Waals surface area contributed by atoms with E-state index in [4.69, 9.17) is 4.74 Å². The monoisotopic (exact) mass is 385 g/mol. The van der Waals surface area contributed by atoms with Crippen LogP contribution < -0.4 is 10.2 Å². The lowest BCUT2D eigenvalue weighted by Crippen LogP contribution is -2.42. The number of nitrogens with zero attached hydrogens (tertiary/aromatic N) is 2. The number of morpholine rings is 1. The Morgan fingerprint density at radius 3 is 2.44 bits per heavy atom. The minimum absolute atomic E-state index is 0.446. The lowest BCUT2D eigenvalue weighted by atomic mass is 10.1. The van der Waals surface area contributed by atoms with Crippen LogP contribution in [0.15, 0.2) is 41.8 Å². The van der Waals surface area contributed by atoms with Gasteiger partial charge in [0.1, 0.15) is 0 Å². The Bertz CT molecular complexity index is 661. The molecule has 3 heterocycles. The Labute approximate surface area is 167 Å². The van der Waals surface area contributed by atoms with Gasteiger partial charge in [-0.1, -0.05) is 18.2 Å². The summed E-state index contributed by atoms with van der Waals surface area (Å²) in [6, 6.07) is 14.0. The first-order chi connectivity index (χ1) is 13.4. The van der Waals surface area contributed by atoms with Crippen molar-refractivity contribution in [3.8, 4) is 0 Å². The molecule has 0 aliphatic carbocycles. The molecule has 2 aliphatic heterocycles. The molecule has 1 N–H and O–H groups in total. The smallest absolute Gasteiger partial charge is 0.0594 e. The van der Waals surface area contributed by atoms with Gasteiger partial charge in [0.05, 0.1) is 19.3 Å². The van der Waals surface area contributed by atoms with Crippen molar-refractivity contribution >= 4 is 17.0 Å². The molecule has 2 saturated heterocycles. The molecule has 4 nitrogen and oxygen atoms in total. The summed E-state index contributed by atoms with van der Waals surface area (Å²) in [7, 11) is 0. The SMILES string of the molecule is c1csc([C@@H](CNCc2ccc(N3CCCCC3)cc2)N2CCOCC2)c1. The molecular weight excluding hydrogens is 354 g/mol. The van der Waals surface area contributed by atoms with E-state index in [-0.39, 0.29) is 0 Å². The van der Waals surface area contributed by atoms with Crippen molar-refractivity contribution < 1.29 is 4.74 Å². The fraction of sp³-hybridized carbons (Fsp3) is 0.545. The van der Waals surface area contributed by atoms with Gasteiger partial charge in [-0.05, 0) is 48.4 Å². The molecule has 1 atom stereocenters. The van der Waals surface area contributed by atoms with Crippen molar-refractivity contribution in [3.63, 3.8) is 0 Å². The van der Waals surface area contributed by atoms with E-state index in [1.807, 2.05) is 11.3 Å². The van der Waals surface area contributed by atoms with Crippen molar-refractivity contribution in [2.75, 3.05) is 50.8 Å². The van der Waals surface area contributed by atoms with Gasteiger partial charge in [0.2, 0.25) is 0 Å². The van der Waals surface area contributed by atoms with E-state index < -0.39 is 0 Å². The minimum atomic E-state index is 0.446. The highest BCUT2D eigenvalue weighted by atomic mass is 32.1. The average Bonchev–Trinajstić information content (AvgIpc) is 3.27. The van der Waals surface area contributed by atoms with Crippen molar-refractivity contribution in [2.45, 2.75) is 31.8 Å². The highest BCUT2D eigenvalue weighted by Gasteiger charge is 2.23. The third kappa shape index (κ3) is 5.11. The van der Waals surface area contributed by atoms with Gasteiger partial charge < -0.3 is 15.0 Å². The molecule has 5 heteroatoms. The van der Waals surface area contributed by atoms with Crippen LogP contribution in [0, 0.1) is 0 Å². The quantitative estimate of drug-likeness (QED) is 0.782. The van der Waals surface area contributed by atoms with Crippen molar-refractivity contribution in [1.82, 2.24) is 10.2 Å². The lowest BCUT2D eigenvalue weighted by molar-refractivity contribution is 0.0168. The van der Waals surface area contributed by atoms with Gasteiger partial charge in [0.15, 0.2) is 0 Å². The highest BCUT2D eigenvalue weighted by molar-refractivity contribution is 7.10. The second-order valence-corrected chi connectivity index (χ2v) is 8.50. The fourth-order valence-corrected chi connectivity index (χ4v) is 4.97. The van der Waals surface area contributed by atoms with E-state index >= 15 is 0 Å². The summed E-state index contributed by atoms with van der Waals surface area (Å²) < 4.78 is 5.54. The molecule has 1 aromatic heterocycles. The van der Waals surface area contributed by atoms with Gasteiger partial charge in [-0.3, -0.25) is 4.90 Å². The zero-order chi connectivity index (χ0) is 18.3. The maximum absolute atomic E-state index is 5.54. The molecule has 2 fully saturated rings. The Kier molecular flexibility index (Phi) is 6.80. The van der Waals surface area contributed by atoms with E-state index in [9.17, 15) is 0 Å². The standard InChI is InChI=1S/C22H31N3OS/c1-2-10-24(11-3-1)20-8-6-19(7-9-20)17-23-18-21(22-5-4-16-27-22)25-12-14-26-15-13-25/h4-9,16,21,23H,1-3,10-15,17-18H2/t21-/m1/s1. The second kappa shape index (κ2) is 9.69. The Hall–Kier alpha value is -1.40. The summed E-state index contributed by atoms with van der Waals surface area (Å²) in [6.07, 6.45) is 4.04. The number of rotatable bonds is 7. The minimum Gasteiger partial charge on any atom is -0.379 e. The van der Waals surface area contributed by atoms with Crippen LogP contribution in [0.25, 0.3) is 0 Å². The Balaban J connectivity index is 1.31. The van der Waals surface area contributed by atoms with E-state index in [0.717, 1.165) is 39.4 Å². The molecule has 4 rings (SSSR count). The number of benzene rings is 1. The van der Waals surface area contributed by atoms with Crippen LogP contribution in [0.5, 0.6) is 0 Å². The van der Waals surface area contributed by atoms with E-state index in [1.54, 1.807) is 0 Å². The van der Waals surface area contributed by atoms with Crippen LogP contribution in [-0.4, -0.2) is 50.8 Å². The predicted octanol–water partition coefficient (Wildman–Crippen LogP) is 3.90. The maximum atomic E-state index is 5.54. The molecular formula is C22H31N3OS. The first-order valence-corrected chi connectivity index (χ1v) is 11.2. The topological polar surface area (TPSA) is 27.7 Å². The van der Waals surface area contributed by atoms with E-state index in [0.29, 0.717) is 6.04 Å². The summed E-state index contributed by atoms with van der Waals surface area (Å²) in [5, 5.41) is 5.88. The largest absolute Gasteiger partial charge is 0.379 e. The van der Waals surface area contributed by atoms with Gasteiger partial charge in [-0.15, -0.1) is 11.3 Å². The van der Waals surface area contributed by atoms with Crippen LogP contribution in [0.2, 0.25) is 0 Å². The molecule has 0 radical (unpaired) electrons. The summed E-state index contributed by atoms with van der Waals surface area (Å²) >= 11 is 1.86. The van der Waals surface area contributed by atoms with Crippen molar-refractivity contribution in [2.24, 2.45) is 0 Å². The third-order valence-corrected chi connectivity index (χ3v) is 6.66. The first-order valence-electron chi connectivity index (χ1n) is 10.3. The zero-order valence-corrected chi connectivity index (χ0v) is 16.9. The average molecular weight is 386 g/mol. The number of hydrogen-bond donors (Lipinski definition) is 1. The number of thiophene rings is 1.